The first-order valence-corrected chi connectivity index (χ1v) is 28.5. The van der Waals surface area contributed by atoms with Crippen LogP contribution < -0.4 is 16.4 Å². The van der Waals surface area contributed by atoms with E-state index < -0.39 is 42.1 Å². The summed E-state index contributed by atoms with van der Waals surface area (Å²) in [6, 6.07) is -0.222. The quantitative estimate of drug-likeness (QED) is 0.0398. The van der Waals surface area contributed by atoms with Crippen molar-refractivity contribution in [3.63, 3.8) is 0 Å². The Morgan fingerprint density at radius 3 is 1.42 bits per heavy atom. The lowest BCUT2D eigenvalue weighted by Gasteiger charge is -2.39. The van der Waals surface area contributed by atoms with E-state index in [-0.39, 0.29) is 127 Å². The number of hydrogen-bond acceptors (Lipinski definition) is 17. The summed E-state index contributed by atoms with van der Waals surface area (Å²) in [5, 5.41) is 6.56. The second-order valence-electron chi connectivity index (χ2n) is 23.1. The van der Waals surface area contributed by atoms with Crippen molar-refractivity contribution in [3.8, 4) is 0 Å². The van der Waals surface area contributed by atoms with Crippen molar-refractivity contribution in [1.82, 2.24) is 15.7 Å². The molecule has 7 saturated heterocycles. The molecule has 448 valence electrons. The molecule has 0 radical (unpaired) electrons. The fraction of sp³-hybridized carbons (Fsp3) is 0.667. The Morgan fingerprint density at radius 2 is 1.04 bits per heavy atom. The van der Waals surface area contributed by atoms with E-state index in [4.69, 9.17) is 48.5 Å². The number of hydrogen-bond donors (Lipinski definition) is 3. The number of ether oxygens (including phenoxy) is 8. The fourth-order valence-corrected chi connectivity index (χ4v) is 11.0. The van der Waals surface area contributed by atoms with Gasteiger partial charge >= 0.3 is 17.9 Å². The molecule has 0 aliphatic carbocycles. The number of nitrogens with two attached hydrogens (primary N) is 1. The number of amides is 5. The van der Waals surface area contributed by atoms with Crippen LogP contribution in [-0.2, 0) is 81.1 Å². The summed E-state index contributed by atoms with van der Waals surface area (Å²) in [6.07, 6.45) is 22.0. The third-order valence-corrected chi connectivity index (χ3v) is 15.5. The van der Waals surface area contributed by atoms with E-state index in [1.54, 1.807) is 26.0 Å². The molecule has 7 aliphatic rings. The molecule has 0 saturated carbocycles. The smallest absolute Gasteiger partial charge is 0.335 e. The molecule has 7 heterocycles. The van der Waals surface area contributed by atoms with Gasteiger partial charge in [-0.15, -0.1) is 5.06 Å². The van der Waals surface area contributed by atoms with Gasteiger partial charge in [0.05, 0.1) is 98.2 Å². The van der Waals surface area contributed by atoms with E-state index in [0.29, 0.717) is 37.5 Å². The summed E-state index contributed by atoms with van der Waals surface area (Å²) >= 11 is 0. The highest BCUT2D eigenvalue weighted by Crippen LogP contribution is 2.44. The van der Waals surface area contributed by atoms with E-state index in [1.807, 2.05) is 45.9 Å². The molecular weight excluding hydrogens is 1050 g/mol. The molecule has 4 N–H and O–H groups in total. The first kappa shape index (κ1) is 64.3. The van der Waals surface area contributed by atoms with Crippen molar-refractivity contribution in [2.24, 2.45) is 17.6 Å². The van der Waals surface area contributed by atoms with Gasteiger partial charge in [-0.3, -0.25) is 33.6 Å². The number of nitrogens with one attached hydrogen (secondary N) is 2. The van der Waals surface area contributed by atoms with Crippen molar-refractivity contribution in [1.29, 1.82) is 0 Å². The van der Waals surface area contributed by atoms with Crippen LogP contribution in [0.3, 0.4) is 0 Å². The van der Waals surface area contributed by atoms with Gasteiger partial charge in [-0.2, -0.15) is 0 Å². The predicted molar refractivity (Wildman–Crippen MR) is 295 cm³/mol. The molecule has 2 spiro atoms. The van der Waals surface area contributed by atoms with Gasteiger partial charge in [-0.25, -0.2) is 4.79 Å². The first-order valence-electron chi connectivity index (χ1n) is 28.5. The minimum Gasteiger partial charge on any atom is -0.459 e. The van der Waals surface area contributed by atoms with Gasteiger partial charge in [0.2, 0.25) is 17.7 Å². The Hall–Kier alpha value is -5.84. The molecule has 7 aliphatic heterocycles. The van der Waals surface area contributed by atoms with Crippen molar-refractivity contribution in [3.05, 3.63) is 71.9 Å². The van der Waals surface area contributed by atoms with Crippen molar-refractivity contribution < 1.29 is 81.1 Å². The number of carbonyl (C=O) groups is 8. The third-order valence-electron chi connectivity index (χ3n) is 15.5. The second kappa shape index (κ2) is 29.4. The SMILES string of the molecule is CC(=O)O[C@@H](C)/C=C\C(=O)N[C@@H]1C[C@H](C)[C@H](C/C=C(C)/C=C/[C@@H]2C[C@]3(CO3)C[C@@H](CC(=O)ON3C(=O)CCC3=O)O2)O[C@@H]1C.CC(=O)O[C@@H](C)/C=C\C(=O)N[C@@H]1C[C@H](C)[C@H](C/C=C(C)/C=C/[C@@H]2C[C@]3(CO3)C[C@@H](CC(N)=O)O2)O[C@@H]1C. The average Bonchev–Trinajstić information content (AvgIpc) is 4.49. The predicted octanol–water partition coefficient (Wildman–Crippen LogP) is 5.88. The average molecular weight is 1140 g/mol. The number of esters is 2. The highest BCUT2D eigenvalue weighted by Gasteiger charge is 2.53. The van der Waals surface area contributed by atoms with E-state index in [0.717, 1.165) is 43.3 Å². The number of hydroxylamine groups is 2. The number of carbonyl (C=O) groups excluding carboxylic acids is 8. The van der Waals surface area contributed by atoms with Gasteiger partial charge in [0.25, 0.3) is 11.8 Å². The van der Waals surface area contributed by atoms with Crippen LogP contribution in [0.5, 0.6) is 0 Å². The van der Waals surface area contributed by atoms with Gasteiger partial charge in [0.15, 0.2) is 0 Å². The van der Waals surface area contributed by atoms with Crippen LogP contribution in [0.25, 0.3) is 0 Å². The molecule has 0 aromatic rings. The van der Waals surface area contributed by atoms with Gasteiger partial charge in [-0.05, 0) is 91.2 Å². The maximum atomic E-state index is 12.4. The maximum Gasteiger partial charge on any atom is 0.335 e. The monoisotopic (exact) mass is 1130 g/mol. The van der Waals surface area contributed by atoms with Gasteiger partial charge in [0.1, 0.15) is 12.2 Å². The summed E-state index contributed by atoms with van der Waals surface area (Å²) in [4.78, 5) is 99.0. The zero-order valence-electron chi connectivity index (χ0n) is 48.7. The van der Waals surface area contributed by atoms with Crippen LogP contribution in [0, 0.1) is 11.8 Å². The number of nitrogens with zero attached hydrogens (tertiary/aromatic N) is 1. The Balaban J connectivity index is 0.000000265. The van der Waals surface area contributed by atoms with Crippen LogP contribution in [-0.4, -0.2) is 150 Å². The Bertz CT molecular complexity index is 2440. The van der Waals surface area contributed by atoms with Crippen molar-refractivity contribution in [2.45, 2.75) is 231 Å². The van der Waals surface area contributed by atoms with E-state index in [9.17, 15) is 38.4 Å². The molecule has 0 bridgehead atoms. The summed E-state index contributed by atoms with van der Waals surface area (Å²) < 4.78 is 46.1. The van der Waals surface area contributed by atoms with Gasteiger partial charge in [0, 0.05) is 64.5 Å². The number of epoxide rings is 2. The van der Waals surface area contributed by atoms with Crippen molar-refractivity contribution >= 4 is 47.4 Å². The molecule has 16 atom stereocenters. The van der Waals surface area contributed by atoms with Crippen LogP contribution >= 0.6 is 0 Å². The Labute approximate surface area is 476 Å². The molecule has 21 nitrogen and oxygen atoms in total. The molecule has 81 heavy (non-hydrogen) atoms. The molecular formula is C60H86N4O17. The number of primary amides is 1. The van der Waals surface area contributed by atoms with Crippen LogP contribution in [0.4, 0.5) is 0 Å². The minimum absolute atomic E-state index is 0.000130. The zero-order valence-corrected chi connectivity index (χ0v) is 48.7. The summed E-state index contributed by atoms with van der Waals surface area (Å²) in [6.45, 7) is 19.6. The van der Waals surface area contributed by atoms with Gasteiger partial charge in [-0.1, -0.05) is 61.4 Å². The molecule has 5 amide bonds. The zero-order chi connectivity index (χ0) is 59.2. The van der Waals surface area contributed by atoms with Crippen LogP contribution in [0.15, 0.2) is 71.9 Å². The second-order valence-corrected chi connectivity index (χ2v) is 23.1. The standard InChI is InChI=1S/C32H44N2O10.C28H42N2O7/c1-19(7-10-27-20(2)14-26(22(4)42-27)33-28(36)11-8-21(3)41-23(5)35)6-9-24-16-32(18-40-32)17-25(43-24)15-31(39)44-34-29(37)12-13-30(34)38;1-17(6-9-22-14-28(16-34-28)15-23(37-22)13-26(29)32)7-10-25-18(2)12-24(20(4)36-25)30-27(33)11-8-19(3)35-21(5)31/h6-9,11,20-22,24-27H,10,12-18H2,1-5H3,(H,33,36);6-9,11,18-20,22-25H,10,12-16H2,1-5H3,(H2,29,32)(H,30,33)/b9-6+,11-8-,19-7+;9-6+,11-8-,17-7+/t20-,21-,22+,24+,25+,26+,27-,32+;18-,19-,20+,22+,23+,24+,25-,28+/m00/s1. The topological polar surface area (TPSA) is 280 Å². The largest absolute Gasteiger partial charge is 0.459 e. The number of imide groups is 1. The minimum atomic E-state index is -0.682. The summed E-state index contributed by atoms with van der Waals surface area (Å²) in [5.74, 6) is -2.85. The lowest BCUT2D eigenvalue weighted by atomic mass is 9.88. The lowest BCUT2D eigenvalue weighted by molar-refractivity contribution is -0.200. The third kappa shape index (κ3) is 21.1. The lowest BCUT2D eigenvalue weighted by Crippen LogP contribution is -2.50. The number of allylic oxidation sites excluding steroid dienone is 4. The summed E-state index contributed by atoms with van der Waals surface area (Å²) in [7, 11) is 0. The van der Waals surface area contributed by atoms with Crippen molar-refractivity contribution in [2.75, 3.05) is 13.2 Å². The van der Waals surface area contributed by atoms with E-state index >= 15 is 0 Å². The normalized spacial score (nSPS) is 34.0. The highest BCUT2D eigenvalue weighted by atomic mass is 16.7. The van der Waals surface area contributed by atoms with E-state index in [2.05, 4.69) is 42.7 Å². The summed E-state index contributed by atoms with van der Waals surface area (Å²) in [5.41, 5.74) is 7.03. The van der Waals surface area contributed by atoms with Crippen LogP contribution in [0.1, 0.15) is 146 Å². The molecule has 0 aromatic heterocycles. The number of rotatable bonds is 21. The fourth-order valence-electron chi connectivity index (χ4n) is 11.0. The molecule has 7 rings (SSSR count). The molecule has 7 fully saturated rings. The highest BCUT2D eigenvalue weighted by molar-refractivity contribution is 6.01. The molecule has 21 heteroatoms. The van der Waals surface area contributed by atoms with Crippen LogP contribution in [0.2, 0.25) is 0 Å². The van der Waals surface area contributed by atoms with Gasteiger partial charge < -0.3 is 59.1 Å². The Kier molecular flexibility index (Phi) is 23.4. The first-order chi connectivity index (χ1) is 38.3. The Morgan fingerprint density at radius 1 is 0.630 bits per heavy atom. The molecule has 0 unspecified atom stereocenters. The maximum absolute atomic E-state index is 12.4. The van der Waals surface area contributed by atoms with E-state index in [1.165, 1.54) is 26.0 Å². The molecule has 0 aromatic carbocycles.